The monoisotopic (exact) mass is 443 g/mol. The van der Waals surface area contributed by atoms with Crippen molar-refractivity contribution < 1.29 is 22.7 Å². The van der Waals surface area contributed by atoms with Crippen molar-refractivity contribution in [2.45, 2.75) is 31.6 Å². The number of carbonyl (C=O) groups is 2. The molecule has 0 bridgehead atoms. The highest BCUT2D eigenvalue weighted by molar-refractivity contribution is 8.18. The lowest BCUT2D eigenvalue weighted by molar-refractivity contribution is -0.120. The fourth-order valence-corrected chi connectivity index (χ4v) is 6.23. The van der Waals surface area contributed by atoms with Crippen molar-refractivity contribution in [2.75, 3.05) is 26.3 Å². The highest BCUT2D eigenvalue weighted by Crippen LogP contribution is 2.39. The Bertz CT molecular complexity index is 928. The molecular weight excluding hydrogens is 418 g/mol. The SMILES string of the molecule is CC(C)(C)c1cc(C(=O)NC2SC(S(=O)(=O)N3CCOCC3)=CC2C(N)=O)n[nH]1. The van der Waals surface area contributed by atoms with Crippen LogP contribution in [0.3, 0.4) is 0 Å². The molecule has 3 rings (SSSR count). The summed E-state index contributed by atoms with van der Waals surface area (Å²) in [4.78, 5) is 24.5. The minimum atomic E-state index is -3.78. The lowest BCUT2D eigenvalue weighted by Crippen LogP contribution is -2.41. The predicted molar refractivity (Wildman–Crippen MR) is 108 cm³/mol. The van der Waals surface area contributed by atoms with Crippen LogP contribution in [0.5, 0.6) is 0 Å². The molecule has 10 nitrogen and oxygen atoms in total. The number of aromatic nitrogens is 2. The molecule has 0 aliphatic carbocycles. The number of hydrogen-bond acceptors (Lipinski definition) is 7. The van der Waals surface area contributed by atoms with Gasteiger partial charge in [-0.1, -0.05) is 32.5 Å². The van der Waals surface area contributed by atoms with Gasteiger partial charge in [-0.15, -0.1) is 0 Å². The van der Waals surface area contributed by atoms with E-state index in [1.807, 2.05) is 20.8 Å². The number of nitrogens with zero attached hydrogens (tertiary/aromatic N) is 2. The van der Waals surface area contributed by atoms with Crippen molar-refractivity contribution in [3.63, 3.8) is 0 Å². The zero-order chi connectivity index (χ0) is 21.4. The van der Waals surface area contributed by atoms with Gasteiger partial charge in [0, 0.05) is 24.2 Å². The molecule has 3 heterocycles. The van der Waals surface area contributed by atoms with Gasteiger partial charge in [0.15, 0.2) is 0 Å². The Balaban J connectivity index is 1.75. The fourth-order valence-electron chi connectivity index (χ4n) is 2.91. The van der Waals surface area contributed by atoms with Crippen molar-refractivity contribution >= 4 is 33.6 Å². The number of ether oxygens (including phenoxy) is 1. The summed E-state index contributed by atoms with van der Waals surface area (Å²) in [5, 5.41) is 8.69. The Kier molecular flexibility index (Phi) is 6.08. The van der Waals surface area contributed by atoms with Gasteiger partial charge >= 0.3 is 0 Å². The molecule has 4 N–H and O–H groups in total. The minimum absolute atomic E-state index is 0.00547. The maximum Gasteiger partial charge on any atom is 0.272 e. The number of morpholine rings is 1. The number of sulfonamides is 1. The highest BCUT2D eigenvalue weighted by atomic mass is 32.3. The number of aromatic amines is 1. The molecular formula is C17H25N5O5S2. The first-order chi connectivity index (χ1) is 13.5. The van der Waals surface area contributed by atoms with Gasteiger partial charge in [-0.05, 0) is 12.1 Å². The molecule has 0 saturated carbocycles. The van der Waals surface area contributed by atoms with E-state index < -0.39 is 33.1 Å². The minimum Gasteiger partial charge on any atom is -0.379 e. The Hall–Kier alpha value is -1.89. The first-order valence-electron chi connectivity index (χ1n) is 9.12. The molecule has 0 radical (unpaired) electrons. The molecule has 2 amide bonds. The molecule has 1 saturated heterocycles. The number of nitrogens with one attached hydrogen (secondary N) is 2. The van der Waals surface area contributed by atoms with E-state index in [4.69, 9.17) is 10.5 Å². The zero-order valence-corrected chi connectivity index (χ0v) is 18.1. The molecule has 12 heteroatoms. The van der Waals surface area contributed by atoms with Gasteiger partial charge in [0.1, 0.15) is 9.93 Å². The largest absolute Gasteiger partial charge is 0.379 e. The number of nitrogens with two attached hydrogens (primary N) is 1. The molecule has 0 aromatic carbocycles. The lowest BCUT2D eigenvalue weighted by atomic mass is 9.92. The molecule has 29 heavy (non-hydrogen) atoms. The molecule has 2 unspecified atom stereocenters. The number of rotatable bonds is 5. The normalized spacial score (nSPS) is 23.6. The summed E-state index contributed by atoms with van der Waals surface area (Å²) in [7, 11) is -3.78. The number of primary amides is 1. The van der Waals surface area contributed by atoms with Gasteiger partial charge in [-0.2, -0.15) is 9.40 Å². The van der Waals surface area contributed by atoms with Crippen molar-refractivity contribution in [3.8, 4) is 0 Å². The smallest absolute Gasteiger partial charge is 0.272 e. The second-order valence-corrected chi connectivity index (χ2v) is 11.2. The molecule has 2 aliphatic rings. The average Bonchev–Trinajstić information content (AvgIpc) is 3.30. The second-order valence-electron chi connectivity index (χ2n) is 7.86. The van der Waals surface area contributed by atoms with E-state index in [1.54, 1.807) is 6.07 Å². The van der Waals surface area contributed by atoms with Gasteiger partial charge < -0.3 is 15.8 Å². The summed E-state index contributed by atoms with van der Waals surface area (Å²) in [6.45, 7) is 7.03. The van der Waals surface area contributed by atoms with Crippen LogP contribution in [0.25, 0.3) is 0 Å². The summed E-state index contributed by atoms with van der Waals surface area (Å²) in [6.07, 6.45) is 1.31. The van der Waals surface area contributed by atoms with Crippen molar-refractivity contribution in [1.29, 1.82) is 0 Å². The number of carbonyl (C=O) groups excluding carboxylic acids is 2. The van der Waals surface area contributed by atoms with Crippen molar-refractivity contribution in [2.24, 2.45) is 11.7 Å². The number of H-pyrrole nitrogens is 1. The third-order valence-electron chi connectivity index (χ3n) is 4.67. The van der Waals surface area contributed by atoms with E-state index in [2.05, 4.69) is 15.5 Å². The summed E-state index contributed by atoms with van der Waals surface area (Å²) < 4.78 is 32.2. The first-order valence-corrected chi connectivity index (χ1v) is 11.4. The van der Waals surface area contributed by atoms with E-state index in [0.29, 0.717) is 13.2 Å². The van der Waals surface area contributed by atoms with Gasteiger partial charge in [0.05, 0.1) is 24.5 Å². The molecule has 160 valence electrons. The fraction of sp³-hybridized carbons (Fsp3) is 0.588. The third kappa shape index (κ3) is 4.65. The maximum atomic E-state index is 12.9. The standard InChI is InChI=1S/C17H25N5O5S2/c1-17(2,3)12-9-11(20-21-12)15(24)19-16-10(14(18)23)8-13(28-16)29(25,26)22-4-6-27-7-5-22/h8-10,16H,4-7H2,1-3H3,(H2,18,23)(H,19,24)(H,20,21). The van der Waals surface area contributed by atoms with E-state index in [-0.39, 0.29) is 28.4 Å². The third-order valence-corrected chi connectivity index (χ3v) is 8.31. The Morgan fingerprint density at radius 1 is 1.34 bits per heavy atom. The van der Waals surface area contributed by atoms with Crippen LogP contribution < -0.4 is 11.1 Å². The topological polar surface area (TPSA) is 147 Å². The van der Waals surface area contributed by atoms with E-state index in [0.717, 1.165) is 17.5 Å². The summed E-state index contributed by atoms with van der Waals surface area (Å²) in [5.74, 6) is -2.18. The first kappa shape index (κ1) is 21.8. The predicted octanol–water partition coefficient (Wildman–Crippen LogP) is 0.115. The van der Waals surface area contributed by atoms with Crippen LogP contribution in [0.15, 0.2) is 16.4 Å². The van der Waals surface area contributed by atoms with E-state index >= 15 is 0 Å². The number of hydrogen-bond donors (Lipinski definition) is 3. The number of amides is 2. The molecule has 1 aromatic rings. The van der Waals surface area contributed by atoms with Gasteiger partial charge in [0.2, 0.25) is 15.9 Å². The molecule has 1 aromatic heterocycles. The summed E-state index contributed by atoms with van der Waals surface area (Å²) in [6, 6.07) is 1.63. The van der Waals surface area contributed by atoms with E-state index in [1.165, 1.54) is 10.4 Å². The summed E-state index contributed by atoms with van der Waals surface area (Å²) >= 11 is 0.903. The number of thioether (sulfide) groups is 1. The van der Waals surface area contributed by atoms with Crippen LogP contribution in [0.2, 0.25) is 0 Å². The summed E-state index contributed by atoms with van der Waals surface area (Å²) in [5.41, 5.74) is 6.17. The van der Waals surface area contributed by atoms with Crippen LogP contribution in [0.4, 0.5) is 0 Å². The lowest BCUT2D eigenvalue weighted by Gasteiger charge is -2.26. The average molecular weight is 444 g/mol. The molecule has 1 fully saturated rings. The van der Waals surface area contributed by atoms with Crippen molar-refractivity contribution in [1.82, 2.24) is 19.8 Å². The van der Waals surface area contributed by atoms with Crippen LogP contribution in [0.1, 0.15) is 37.0 Å². The molecule has 0 spiro atoms. The van der Waals surface area contributed by atoms with Gasteiger partial charge in [0.25, 0.3) is 5.91 Å². The van der Waals surface area contributed by atoms with Crippen LogP contribution in [-0.2, 0) is 25.0 Å². The Morgan fingerprint density at radius 2 is 2.00 bits per heavy atom. The maximum absolute atomic E-state index is 12.9. The van der Waals surface area contributed by atoms with Crippen molar-refractivity contribution in [3.05, 3.63) is 27.8 Å². The quantitative estimate of drug-likeness (QED) is 0.585. The highest BCUT2D eigenvalue weighted by Gasteiger charge is 2.41. The van der Waals surface area contributed by atoms with Crippen LogP contribution >= 0.6 is 11.8 Å². The molecule has 2 aliphatic heterocycles. The molecule has 2 atom stereocenters. The zero-order valence-electron chi connectivity index (χ0n) is 16.5. The Morgan fingerprint density at radius 3 is 2.55 bits per heavy atom. The van der Waals surface area contributed by atoms with Gasteiger partial charge in [-0.3, -0.25) is 14.7 Å². The Labute approximate surface area is 173 Å². The van der Waals surface area contributed by atoms with Crippen LogP contribution in [-0.4, -0.2) is 66.4 Å². The second kappa shape index (κ2) is 8.09. The van der Waals surface area contributed by atoms with Gasteiger partial charge in [-0.25, -0.2) is 8.42 Å². The van der Waals surface area contributed by atoms with E-state index in [9.17, 15) is 18.0 Å². The van der Waals surface area contributed by atoms with Crippen LogP contribution in [0, 0.1) is 5.92 Å².